The molecule has 3 N–H and O–H groups in total. The van der Waals surface area contributed by atoms with Crippen LogP contribution in [-0.2, 0) is 18.4 Å². The van der Waals surface area contributed by atoms with Gasteiger partial charge >= 0.3 is 7.82 Å². The number of unbranched alkanes of at least 4 members (excludes halogenated alkanes) is 16. The number of nitrogens with one attached hydrogen (secondary N) is 1. The lowest BCUT2D eigenvalue weighted by atomic mass is 10.0. The lowest BCUT2D eigenvalue weighted by Gasteiger charge is -2.26. The maximum absolute atomic E-state index is 12.9. The first-order valence-corrected chi connectivity index (χ1v) is 29.4. The summed E-state index contributed by atoms with van der Waals surface area (Å²) in [6.45, 7) is 4.73. The molecule has 0 aromatic heterocycles. The molecule has 0 saturated carbocycles. The minimum absolute atomic E-state index is 0.0652. The van der Waals surface area contributed by atoms with Crippen molar-refractivity contribution >= 4 is 13.7 Å². The molecular weight excluding hydrogens is 888 g/mol. The van der Waals surface area contributed by atoms with Crippen LogP contribution in [0.25, 0.3) is 0 Å². The van der Waals surface area contributed by atoms with Crippen molar-refractivity contribution in [2.45, 2.75) is 219 Å². The Bertz CT molecular complexity index is 1550. The molecule has 8 nitrogen and oxygen atoms in total. The zero-order valence-corrected chi connectivity index (χ0v) is 46.4. The first-order valence-electron chi connectivity index (χ1n) is 27.9. The van der Waals surface area contributed by atoms with E-state index in [-0.39, 0.29) is 19.1 Å². The van der Waals surface area contributed by atoms with Crippen LogP contribution in [-0.4, -0.2) is 73.4 Å². The monoisotopic (exact) mass is 994 g/mol. The largest absolute Gasteiger partial charge is 0.472 e. The molecule has 0 aliphatic rings. The Hall–Kier alpha value is -3.10. The fourth-order valence-electron chi connectivity index (χ4n) is 7.37. The highest BCUT2D eigenvalue weighted by molar-refractivity contribution is 7.47. The second-order valence-electron chi connectivity index (χ2n) is 19.6. The Kier molecular flexibility index (Phi) is 48.6. The Morgan fingerprint density at radius 3 is 1.26 bits per heavy atom. The summed E-state index contributed by atoms with van der Waals surface area (Å²) in [4.78, 5) is 23.2. The standard InChI is InChI=1S/C61H105N2O6P/c1-6-8-10-12-14-16-18-19-20-21-22-23-24-25-26-27-28-29-30-31-32-33-34-35-36-37-38-39-40-41-42-43-45-47-49-51-53-55-61(65)62-59(58-69-70(66,67)68-57-56-63(3,4)5)60(64)54-52-50-48-46-44-17-15-13-11-9-7-2/h8,10,14,16,19-20,22-23,25-26,28-29,31-32,34-35,37-38,40-41,59-60,64H,6-7,9,11-13,15,17-18,21,24,27,30,33,36,39,42-58H2,1-5H3,(H-,62,65,66,67)/p+1/b10-8-,16-14-,20-19-,23-22-,26-25-,29-28-,32-31-,35-34-,38-37-,41-40-. The molecule has 0 aliphatic carbocycles. The summed E-state index contributed by atoms with van der Waals surface area (Å²) in [5.74, 6) is -0.166. The van der Waals surface area contributed by atoms with Crippen LogP contribution in [0.5, 0.6) is 0 Å². The Labute approximate surface area is 431 Å². The predicted octanol–water partition coefficient (Wildman–Crippen LogP) is 17.0. The van der Waals surface area contributed by atoms with Crippen LogP contribution < -0.4 is 5.32 Å². The SMILES string of the molecule is CC/C=C\C/C=C\C/C=C\C/C=C\C/C=C\C/C=C\C/C=C\C/C=C\C/C=C\C/C=C\CCCCCCCCC(=O)NC(COP(=O)(O)OCC[N+](C)(C)C)C(O)CCCCCCCCCCCCC. The summed E-state index contributed by atoms with van der Waals surface area (Å²) >= 11 is 0. The molecule has 0 fully saturated rings. The van der Waals surface area contributed by atoms with Crippen molar-refractivity contribution in [3.8, 4) is 0 Å². The third-order valence-electron chi connectivity index (χ3n) is 11.7. The number of phosphoric ester groups is 1. The van der Waals surface area contributed by atoms with Crippen molar-refractivity contribution < 1.29 is 32.9 Å². The van der Waals surface area contributed by atoms with Crippen molar-refractivity contribution in [1.82, 2.24) is 5.32 Å². The number of allylic oxidation sites excluding steroid dienone is 20. The van der Waals surface area contributed by atoms with Crippen molar-refractivity contribution in [3.63, 3.8) is 0 Å². The average molecular weight is 995 g/mol. The Morgan fingerprint density at radius 1 is 0.500 bits per heavy atom. The molecule has 0 rings (SSSR count). The van der Waals surface area contributed by atoms with Gasteiger partial charge in [0.1, 0.15) is 13.2 Å². The summed E-state index contributed by atoms with van der Waals surface area (Å²) in [5, 5.41) is 14.0. The number of hydrogen-bond donors (Lipinski definition) is 3. The van der Waals surface area contributed by atoms with Crippen LogP contribution in [0.1, 0.15) is 206 Å². The van der Waals surface area contributed by atoms with E-state index in [9.17, 15) is 19.4 Å². The summed E-state index contributed by atoms with van der Waals surface area (Å²) in [6.07, 6.45) is 75.4. The van der Waals surface area contributed by atoms with Gasteiger partial charge in [0.15, 0.2) is 0 Å². The molecular formula is C61H106N2O6P+. The fraction of sp³-hybridized carbons (Fsp3) is 0.656. The highest BCUT2D eigenvalue weighted by Gasteiger charge is 2.28. The normalized spacial score (nSPS) is 14.9. The van der Waals surface area contributed by atoms with Gasteiger partial charge in [-0.25, -0.2) is 4.57 Å². The number of carbonyl (C=O) groups excluding carboxylic acids is 1. The summed E-state index contributed by atoms with van der Waals surface area (Å²) in [6, 6.07) is -0.776. The van der Waals surface area contributed by atoms with Gasteiger partial charge < -0.3 is 19.8 Å². The molecule has 0 aromatic rings. The second-order valence-corrected chi connectivity index (χ2v) is 21.0. The smallest absolute Gasteiger partial charge is 0.391 e. The zero-order chi connectivity index (χ0) is 51.3. The number of rotatable bonds is 49. The molecule has 1 amide bonds. The van der Waals surface area contributed by atoms with Crippen LogP contribution in [0.2, 0.25) is 0 Å². The highest BCUT2D eigenvalue weighted by atomic mass is 31.2. The average Bonchev–Trinajstić information content (AvgIpc) is 3.32. The fourth-order valence-corrected chi connectivity index (χ4v) is 8.10. The number of phosphoric acid groups is 1. The number of likely N-dealkylation sites (N-methyl/N-ethyl adjacent to an activating group) is 1. The third-order valence-corrected chi connectivity index (χ3v) is 12.7. The minimum Gasteiger partial charge on any atom is -0.391 e. The van der Waals surface area contributed by atoms with E-state index in [2.05, 4.69) is 141 Å². The molecule has 9 heteroatoms. The Morgan fingerprint density at radius 2 is 0.857 bits per heavy atom. The quantitative estimate of drug-likeness (QED) is 0.0243. The first-order chi connectivity index (χ1) is 34.0. The first kappa shape index (κ1) is 66.9. The summed E-state index contributed by atoms with van der Waals surface area (Å²) in [7, 11) is 1.59. The van der Waals surface area contributed by atoms with Crippen molar-refractivity contribution in [1.29, 1.82) is 0 Å². The van der Waals surface area contributed by atoms with E-state index < -0.39 is 20.0 Å². The van der Waals surface area contributed by atoms with Gasteiger partial charge in [-0.15, -0.1) is 0 Å². The molecule has 3 unspecified atom stereocenters. The molecule has 0 heterocycles. The van der Waals surface area contributed by atoms with Crippen LogP contribution in [0.15, 0.2) is 122 Å². The van der Waals surface area contributed by atoms with Crippen LogP contribution in [0, 0.1) is 0 Å². The van der Waals surface area contributed by atoms with E-state index in [0.29, 0.717) is 23.9 Å². The maximum Gasteiger partial charge on any atom is 0.472 e. The maximum atomic E-state index is 12.9. The van der Waals surface area contributed by atoms with E-state index in [0.717, 1.165) is 116 Å². The Balaban J connectivity index is 4.14. The number of amides is 1. The van der Waals surface area contributed by atoms with Gasteiger partial charge in [0.05, 0.1) is 39.9 Å². The molecule has 0 aromatic carbocycles. The molecule has 0 aliphatic heterocycles. The number of quaternary nitrogens is 1. The second kappa shape index (κ2) is 50.8. The molecule has 3 atom stereocenters. The van der Waals surface area contributed by atoms with Gasteiger partial charge in [0.25, 0.3) is 0 Å². The van der Waals surface area contributed by atoms with E-state index >= 15 is 0 Å². The number of aliphatic hydroxyl groups is 1. The zero-order valence-electron chi connectivity index (χ0n) is 45.5. The lowest BCUT2D eigenvalue weighted by molar-refractivity contribution is -0.870. The number of hydrogen-bond acceptors (Lipinski definition) is 5. The predicted molar refractivity (Wildman–Crippen MR) is 304 cm³/mol. The number of carbonyl (C=O) groups is 1. The molecule has 0 bridgehead atoms. The number of nitrogens with zero attached hydrogens (tertiary/aromatic N) is 1. The third kappa shape index (κ3) is 52.7. The molecule has 400 valence electrons. The molecule has 0 saturated heterocycles. The van der Waals surface area contributed by atoms with Gasteiger partial charge in [-0.3, -0.25) is 13.8 Å². The lowest BCUT2D eigenvalue weighted by Crippen LogP contribution is -2.46. The van der Waals surface area contributed by atoms with Gasteiger partial charge in [-0.1, -0.05) is 232 Å². The van der Waals surface area contributed by atoms with Crippen molar-refractivity contribution in [2.75, 3.05) is 40.9 Å². The minimum atomic E-state index is -4.33. The van der Waals surface area contributed by atoms with Crippen LogP contribution in [0.4, 0.5) is 0 Å². The van der Waals surface area contributed by atoms with Gasteiger partial charge in [-0.2, -0.15) is 0 Å². The highest BCUT2D eigenvalue weighted by Crippen LogP contribution is 2.43. The van der Waals surface area contributed by atoms with Crippen molar-refractivity contribution in [2.24, 2.45) is 0 Å². The summed E-state index contributed by atoms with van der Waals surface area (Å²) < 4.78 is 23.7. The number of aliphatic hydroxyl groups excluding tert-OH is 1. The van der Waals surface area contributed by atoms with Gasteiger partial charge in [0.2, 0.25) is 5.91 Å². The summed E-state index contributed by atoms with van der Waals surface area (Å²) in [5.41, 5.74) is 0. The topological polar surface area (TPSA) is 105 Å². The van der Waals surface area contributed by atoms with Crippen molar-refractivity contribution in [3.05, 3.63) is 122 Å². The molecule has 0 spiro atoms. The van der Waals surface area contributed by atoms with Gasteiger partial charge in [0, 0.05) is 6.42 Å². The molecule has 70 heavy (non-hydrogen) atoms. The molecule has 0 radical (unpaired) electrons. The van der Waals surface area contributed by atoms with E-state index in [1.54, 1.807) is 0 Å². The van der Waals surface area contributed by atoms with Crippen LogP contribution >= 0.6 is 7.82 Å². The van der Waals surface area contributed by atoms with E-state index in [1.807, 2.05) is 21.1 Å². The van der Waals surface area contributed by atoms with Gasteiger partial charge in [-0.05, 0) is 89.9 Å². The van der Waals surface area contributed by atoms with Crippen LogP contribution in [0.3, 0.4) is 0 Å². The van der Waals surface area contributed by atoms with E-state index in [1.165, 1.54) is 64.2 Å². The van der Waals surface area contributed by atoms with E-state index in [4.69, 9.17) is 9.05 Å².